The first-order chi connectivity index (χ1) is 9.79. The molecule has 0 aliphatic carbocycles. The van der Waals surface area contributed by atoms with Gasteiger partial charge in [-0.15, -0.1) is 0 Å². The fraction of sp³-hybridized carbons (Fsp3) is 0.941. The van der Waals surface area contributed by atoms with Crippen molar-refractivity contribution >= 4 is 14.2 Å². The summed E-state index contributed by atoms with van der Waals surface area (Å²) < 4.78 is 5.83. The van der Waals surface area contributed by atoms with Gasteiger partial charge in [0.05, 0.1) is 8.07 Å². The van der Waals surface area contributed by atoms with Crippen molar-refractivity contribution in [2.24, 2.45) is 0 Å². The van der Waals surface area contributed by atoms with E-state index in [0.29, 0.717) is 6.04 Å². The predicted octanol–water partition coefficient (Wildman–Crippen LogP) is 5.04. The number of rotatable bonds is 5. The highest BCUT2D eigenvalue weighted by Crippen LogP contribution is 2.47. The van der Waals surface area contributed by atoms with Gasteiger partial charge in [0.2, 0.25) is 0 Å². The van der Waals surface area contributed by atoms with Crippen LogP contribution in [0.25, 0.3) is 0 Å². The van der Waals surface area contributed by atoms with Crippen LogP contribution in [0.2, 0.25) is 22.7 Å². The average Bonchev–Trinajstić information content (AvgIpc) is 2.83. The second-order valence-corrected chi connectivity index (χ2v) is 14.1. The summed E-state index contributed by atoms with van der Waals surface area (Å²) in [7, 11) is -1.48. The van der Waals surface area contributed by atoms with E-state index in [2.05, 4.69) is 41.5 Å². The zero-order chi connectivity index (χ0) is 15.8. The largest absolute Gasteiger partial charge is 0.446 e. The number of amides is 1. The topological polar surface area (TPSA) is 29.5 Å². The van der Waals surface area contributed by atoms with Crippen LogP contribution in [0.15, 0.2) is 0 Å². The third-order valence-electron chi connectivity index (χ3n) is 6.22. The molecule has 21 heavy (non-hydrogen) atoms. The van der Waals surface area contributed by atoms with E-state index in [-0.39, 0.29) is 12.2 Å². The van der Waals surface area contributed by atoms with Gasteiger partial charge in [0.15, 0.2) is 0 Å². The lowest BCUT2D eigenvalue weighted by Gasteiger charge is -2.46. The minimum Gasteiger partial charge on any atom is -0.446 e. The van der Waals surface area contributed by atoms with Gasteiger partial charge >= 0.3 is 6.09 Å². The van der Waals surface area contributed by atoms with Crippen molar-refractivity contribution in [3.63, 3.8) is 0 Å². The van der Waals surface area contributed by atoms with Crippen molar-refractivity contribution in [1.82, 2.24) is 4.90 Å². The Morgan fingerprint density at radius 3 is 2.24 bits per heavy atom. The molecular weight excluding hydrogens is 278 g/mol. The van der Waals surface area contributed by atoms with Crippen LogP contribution < -0.4 is 0 Å². The first-order valence-corrected chi connectivity index (χ1v) is 11.2. The molecule has 2 saturated heterocycles. The Balaban J connectivity index is 2.15. The molecule has 0 spiro atoms. The highest BCUT2D eigenvalue weighted by Gasteiger charge is 2.47. The van der Waals surface area contributed by atoms with Gasteiger partial charge in [-0.1, -0.05) is 58.2 Å². The maximum atomic E-state index is 12.2. The summed E-state index contributed by atoms with van der Waals surface area (Å²) in [4.78, 5) is 14.2. The summed E-state index contributed by atoms with van der Waals surface area (Å²) in [6, 6.07) is 1.60. The summed E-state index contributed by atoms with van der Waals surface area (Å²) in [5, 5.41) is 0. The second kappa shape index (κ2) is 6.31. The van der Waals surface area contributed by atoms with Gasteiger partial charge < -0.3 is 9.64 Å². The Morgan fingerprint density at radius 1 is 1.14 bits per heavy atom. The van der Waals surface area contributed by atoms with Gasteiger partial charge in [-0.05, 0) is 18.9 Å². The summed E-state index contributed by atoms with van der Waals surface area (Å²) in [5.74, 6) is 0. The van der Waals surface area contributed by atoms with Gasteiger partial charge in [-0.3, -0.25) is 0 Å². The minimum absolute atomic E-state index is 0.0482. The Morgan fingerprint density at radius 2 is 1.71 bits per heavy atom. The van der Waals surface area contributed by atoms with Gasteiger partial charge in [-0.2, -0.15) is 0 Å². The highest BCUT2D eigenvalue weighted by atomic mass is 28.3. The molecule has 0 radical (unpaired) electrons. The van der Waals surface area contributed by atoms with Crippen LogP contribution in [-0.4, -0.2) is 37.8 Å². The Hall–Kier alpha value is -0.513. The van der Waals surface area contributed by atoms with Crippen LogP contribution in [0.4, 0.5) is 4.79 Å². The number of carbonyl (C=O) groups excluding carboxylic acids is 1. The molecule has 0 N–H and O–H groups in total. The van der Waals surface area contributed by atoms with Crippen LogP contribution in [0.5, 0.6) is 0 Å². The standard InChI is InChI=1S/C17H33NO2Si/c1-12(2)21(13(3)4,14(5)6)11-16-10-15-8-7-9-18(15)17(19)20-16/h12-16H,7-11H2,1-6H3. The van der Waals surface area contributed by atoms with Crippen LogP contribution in [0.3, 0.4) is 0 Å². The summed E-state index contributed by atoms with van der Waals surface area (Å²) in [5.41, 5.74) is 2.20. The van der Waals surface area contributed by atoms with Gasteiger partial charge in [0.1, 0.15) is 6.10 Å². The number of ether oxygens (including phenoxy) is 1. The van der Waals surface area contributed by atoms with E-state index in [1.165, 1.54) is 6.42 Å². The zero-order valence-electron chi connectivity index (χ0n) is 14.7. The third-order valence-corrected chi connectivity index (χ3v) is 13.8. The van der Waals surface area contributed by atoms with Crippen LogP contribution >= 0.6 is 0 Å². The van der Waals surface area contributed by atoms with Crippen molar-refractivity contribution in [2.45, 2.75) is 95.6 Å². The van der Waals surface area contributed by atoms with E-state index in [1.54, 1.807) is 0 Å². The van der Waals surface area contributed by atoms with Crippen LogP contribution in [-0.2, 0) is 4.74 Å². The van der Waals surface area contributed by atoms with E-state index < -0.39 is 8.07 Å². The molecule has 2 aliphatic rings. The lowest BCUT2D eigenvalue weighted by atomic mass is 10.1. The van der Waals surface area contributed by atoms with Crippen LogP contribution in [0, 0.1) is 0 Å². The number of hydrogen-bond acceptors (Lipinski definition) is 2. The lowest BCUT2D eigenvalue weighted by molar-refractivity contribution is 0.0191. The molecular formula is C17H33NO2Si. The van der Waals surface area contributed by atoms with Gasteiger partial charge in [-0.25, -0.2) is 4.79 Å². The molecule has 2 unspecified atom stereocenters. The average molecular weight is 312 g/mol. The van der Waals surface area contributed by atoms with E-state index in [0.717, 1.165) is 42.1 Å². The minimum atomic E-state index is -1.48. The highest BCUT2D eigenvalue weighted by molar-refractivity contribution is 6.83. The maximum absolute atomic E-state index is 12.2. The number of cyclic esters (lactones) is 1. The predicted molar refractivity (Wildman–Crippen MR) is 90.5 cm³/mol. The maximum Gasteiger partial charge on any atom is 0.410 e. The molecule has 0 bridgehead atoms. The molecule has 4 heteroatoms. The summed E-state index contributed by atoms with van der Waals surface area (Å²) in [6.07, 6.45) is 3.49. The molecule has 1 amide bonds. The number of nitrogens with zero attached hydrogens (tertiary/aromatic N) is 1. The first-order valence-electron chi connectivity index (χ1n) is 8.76. The molecule has 3 nitrogen and oxygen atoms in total. The SMILES string of the molecule is CC(C)[Si](CC1CC2CCCN2C(=O)O1)(C(C)C)C(C)C. The van der Waals surface area contributed by atoms with Crippen molar-refractivity contribution in [3.05, 3.63) is 0 Å². The Labute approximate surface area is 131 Å². The molecule has 0 aromatic heterocycles. The van der Waals surface area contributed by atoms with E-state index >= 15 is 0 Å². The molecule has 2 fully saturated rings. The van der Waals surface area contributed by atoms with E-state index in [4.69, 9.17) is 4.74 Å². The van der Waals surface area contributed by atoms with E-state index in [1.807, 2.05) is 4.90 Å². The normalized spacial score (nSPS) is 26.7. The smallest absolute Gasteiger partial charge is 0.410 e. The fourth-order valence-electron chi connectivity index (χ4n) is 5.11. The summed E-state index contributed by atoms with van der Waals surface area (Å²) >= 11 is 0. The van der Waals surface area contributed by atoms with Gasteiger partial charge in [0, 0.05) is 19.0 Å². The molecule has 0 aromatic carbocycles. The van der Waals surface area contributed by atoms with Gasteiger partial charge in [0.25, 0.3) is 0 Å². The van der Waals surface area contributed by atoms with E-state index in [9.17, 15) is 4.79 Å². The number of carbonyl (C=O) groups is 1. The van der Waals surface area contributed by atoms with Crippen molar-refractivity contribution in [2.75, 3.05) is 6.54 Å². The van der Waals surface area contributed by atoms with Crippen molar-refractivity contribution in [3.8, 4) is 0 Å². The van der Waals surface area contributed by atoms with Crippen LogP contribution in [0.1, 0.15) is 60.8 Å². The summed E-state index contributed by atoms with van der Waals surface area (Å²) in [6.45, 7) is 15.2. The van der Waals surface area contributed by atoms with Crippen molar-refractivity contribution < 1.29 is 9.53 Å². The number of fused-ring (bicyclic) bond motifs is 1. The Kier molecular flexibility index (Phi) is 5.06. The molecule has 2 atom stereocenters. The zero-order valence-corrected chi connectivity index (χ0v) is 15.7. The quantitative estimate of drug-likeness (QED) is 0.666. The first kappa shape index (κ1) is 16.9. The molecule has 0 saturated carbocycles. The Bertz CT molecular complexity index is 359. The fourth-order valence-corrected chi connectivity index (χ4v) is 11.6. The monoisotopic (exact) mass is 311 g/mol. The number of hydrogen-bond donors (Lipinski definition) is 0. The molecule has 2 heterocycles. The molecule has 0 aromatic rings. The third kappa shape index (κ3) is 3.01. The molecule has 122 valence electrons. The molecule has 2 rings (SSSR count). The second-order valence-electron chi connectivity index (χ2n) is 8.01. The lowest BCUT2D eigenvalue weighted by Crippen LogP contribution is -2.52. The molecule has 2 aliphatic heterocycles. The van der Waals surface area contributed by atoms with Crippen molar-refractivity contribution in [1.29, 1.82) is 0 Å².